The minimum absolute atomic E-state index is 0. The number of fused-ring (bicyclic) bond motifs is 8. The van der Waals surface area contributed by atoms with Gasteiger partial charge in [-0.1, -0.05) is 109 Å². The fourth-order valence-corrected chi connectivity index (χ4v) is 9.06. The van der Waals surface area contributed by atoms with E-state index < -0.39 is 31.3 Å². The molecule has 0 bridgehead atoms. The molecule has 12 rings (SSSR count). The first-order valence-electron chi connectivity index (χ1n) is 26.2. The van der Waals surface area contributed by atoms with Gasteiger partial charge in [0.25, 0.3) is 0 Å². The van der Waals surface area contributed by atoms with Crippen molar-refractivity contribution in [1.82, 2.24) is 19.4 Å². The Morgan fingerprint density at radius 2 is 1.06 bits per heavy atom. The van der Waals surface area contributed by atoms with Gasteiger partial charge in [-0.25, -0.2) is 4.39 Å². The van der Waals surface area contributed by atoms with Crippen molar-refractivity contribution in [3.63, 3.8) is 0 Å². The van der Waals surface area contributed by atoms with Crippen molar-refractivity contribution in [3.05, 3.63) is 253 Å². The largest absolute Gasteiger partial charge is 3.00 e. The molecule has 0 radical (unpaired) electrons. The topological polar surface area (TPSA) is 43.1 Å². The first kappa shape index (κ1) is 35.3. The Bertz CT molecular complexity index is 4050. The molecule has 0 atom stereocenters. The van der Waals surface area contributed by atoms with Crippen molar-refractivity contribution in [2.75, 3.05) is 0 Å². The third-order valence-electron chi connectivity index (χ3n) is 12.2. The number of benzene rings is 7. The molecule has 5 aromatic heterocycles. The van der Waals surface area contributed by atoms with Gasteiger partial charge in [0, 0.05) is 51.5 Å². The summed E-state index contributed by atoms with van der Waals surface area (Å²) >= 11 is 0. The van der Waals surface area contributed by atoms with Crippen LogP contribution in [-0.2, 0) is 45.6 Å². The summed E-state index contributed by atoms with van der Waals surface area (Å²) in [4.78, 5) is 14.1. The van der Waals surface area contributed by atoms with E-state index >= 15 is 4.39 Å². The molecule has 0 amide bonds. The molecule has 0 aliphatic heterocycles. The van der Waals surface area contributed by atoms with Gasteiger partial charge in [-0.05, 0) is 110 Å². The number of hydrogen-bond donors (Lipinski definition) is 0. The van der Waals surface area contributed by atoms with Gasteiger partial charge >= 0.3 is 20.1 Å². The smallest absolute Gasteiger partial charge is 0.349 e. The summed E-state index contributed by atoms with van der Waals surface area (Å²) in [7, 11) is 0. The van der Waals surface area contributed by atoms with Crippen LogP contribution in [0.4, 0.5) is 4.39 Å². The van der Waals surface area contributed by atoms with E-state index in [0.29, 0.717) is 77.5 Å². The number of aromatic nitrogens is 4. The molecule has 69 heavy (non-hydrogen) atoms. The number of pyridine rings is 4. The van der Waals surface area contributed by atoms with Gasteiger partial charge in [-0.2, -0.15) is 0 Å². The van der Waals surface area contributed by atoms with Crippen LogP contribution in [0.25, 0.3) is 94.1 Å². The van der Waals surface area contributed by atoms with Gasteiger partial charge in [-0.3, -0.25) is 0 Å². The van der Waals surface area contributed by atoms with E-state index in [4.69, 9.17) is 4.98 Å². The van der Waals surface area contributed by atoms with E-state index in [-0.39, 0.29) is 47.9 Å². The molecule has 0 unspecified atom stereocenters. The van der Waals surface area contributed by atoms with E-state index in [0.717, 1.165) is 11.1 Å². The maximum absolute atomic E-state index is 17.4. The van der Waals surface area contributed by atoms with Crippen LogP contribution < -0.4 is 0 Å². The summed E-state index contributed by atoms with van der Waals surface area (Å²) in [5.41, 5.74) is 7.23. The molecule has 0 fully saturated rings. The Morgan fingerprint density at radius 3 is 1.70 bits per heavy atom. The molecule has 5 heterocycles. The molecular formula is C63H42FIrN4. The molecule has 7 aromatic carbocycles. The zero-order chi connectivity index (χ0) is 52.6. The van der Waals surface area contributed by atoms with Crippen molar-refractivity contribution < 1.29 is 35.5 Å². The molecule has 6 heteroatoms. The quantitative estimate of drug-likeness (QED) is 0.0958. The minimum atomic E-state index is -2.88. The molecule has 0 aliphatic carbocycles. The second kappa shape index (κ2) is 19.0. The predicted molar refractivity (Wildman–Crippen MR) is 275 cm³/mol. The van der Waals surface area contributed by atoms with Gasteiger partial charge < -0.3 is 19.4 Å². The van der Waals surface area contributed by atoms with Crippen molar-refractivity contribution in [2.24, 2.45) is 0 Å². The number of para-hydroxylation sites is 1. The summed E-state index contributed by atoms with van der Waals surface area (Å²) in [5.74, 6) is -0.424. The number of nitrogens with zero attached hydrogens (tertiary/aromatic N) is 4. The third-order valence-corrected chi connectivity index (χ3v) is 12.2. The number of aryl methyl sites for hydroxylation is 4. The molecule has 0 N–H and O–H groups in total. The molecule has 330 valence electrons. The van der Waals surface area contributed by atoms with Crippen LogP contribution in [0, 0.1) is 24.0 Å². The monoisotopic (exact) mass is 1070 g/mol. The summed E-state index contributed by atoms with van der Waals surface area (Å²) in [6.07, 6.45) is -6.99. The molecule has 12 aromatic rings. The second-order valence-electron chi connectivity index (χ2n) is 16.3. The maximum Gasteiger partial charge on any atom is 3.00 e. The van der Waals surface area contributed by atoms with Gasteiger partial charge in [0.1, 0.15) is 0 Å². The van der Waals surface area contributed by atoms with Crippen LogP contribution >= 0.6 is 0 Å². The normalized spacial score (nSPS) is 13.9. The van der Waals surface area contributed by atoms with Gasteiger partial charge in [0.05, 0.1) is 5.52 Å². The van der Waals surface area contributed by atoms with Crippen LogP contribution in [0.15, 0.2) is 207 Å². The van der Waals surface area contributed by atoms with E-state index in [2.05, 4.69) is 28.2 Å². The summed E-state index contributed by atoms with van der Waals surface area (Å²) in [5, 5.41) is 1.64. The molecular weight excluding hydrogens is 1020 g/mol. The molecule has 0 saturated carbocycles. The molecule has 4 nitrogen and oxygen atoms in total. The van der Waals surface area contributed by atoms with Crippen LogP contribution in [0.2, 0.25) is 0 Å². The van der Waals surface area contributed by atoms with Crippen molar-refractivity contribution in [1.29, 1.82) is 0 Å². The predicted octanol–water partition coefficient (Wildman–Crippen LogP) is 15.0. The van der Waals surface area contributed by atoms with E-state index in [1.807, 2.05) is 108 Å². The Hall–Kier alpha value is -7.89. The van der Waals surface area contributed by atoms with E-state index in [9.17, 15) is 11.0 Å². The van der Waals surface area contributed by atoms with Crippen molar-refractivity contribution in [2.45, 2.75) is 25.5 Å². The summed E-state index contributed by atoms with van der Waals surface area (Å²) in [6.45, 7) is 0. The SMILES string of the molecule is [2H]C([2H])(c1ccc(-c2[c-]cccc2)nc1)C([2H])([2H])c1cc(-c2ccccc2-c2cnc3c4[c-]cccc4n4c5ccccc5c(F)c4c3c2-c2ccccc2)cc(C([2H])([2H])C([2H])([2H])c2ccc(-c3[c-]cccc3)nc2)c1.[Ir+3]. The number of hydrogen-bond acceptors (Lipinski definition) is 3. The average molecular weight is 1070 g/mol. The van der Waals surface area contributed by atoms with Gasteiger partial charge in [-0.15, -0.1) is 101 Å². The van der Waals surface area contributed by atoms with Crippen molar-refractivity contribution in [3.8, 4) is 55.9 Å². The average Bonchev–Trinajstić information content (AvgIpc) is 3.98. The van der Waals surface area contributed by atoms with Gasteiger partial charge in [0.15, 0.2) is 5.82 Å². The third kappa shape index (κ3) is 8.33. The molecule has 0 saturated heterocycles. The number of halogens is 1. The van der Waals surface area contributed by atoms with Crippen molar-refractivity contribution >= 4 is 38.2 Å². The zero-order valence-electron chi connectivity index (χ0n) is 44.6. The Kier molecular flexibility index (Phi) is 9.72. The first-order valence-corrected chi connectivity index (χ1v) is 22.2. The summed E-state index contributed by atoms with van der Waals surface area (Å²) in [6, 6.07) is 64.2. The Morgan fingerprint density at radius 1 is 0.478 bits per heavy atom. The van der Waals surface area contributed by atoms with E-state index in [1.54, 1.807) is 60.8 Å². The fourth-order valence-electron chi connectivity index (χ4n) is 9.06. The fraction of sp³-hybridized carbons (Fsp3) is 0.0635. The Balaban J connectivity index is 0.00000631. The molecule has 0 aliphatic rings. The zero-order valence-corrected chi connectivity index (χ0v) is 39.0. The standard InChI is InChI=1S/C63H42FN4.Ir/c64-61-52-24-12-14-26-57(52)68-58-27-15-13-25-53(58)62-60(63(61)68)59(48-20-8-3-9-21-48)54(41-67-62)51-23-11-10-22-50(51)49-37-44(30-28-42-32-34-55(65-39-42)46-16-4-1-5-17-46)36-45(38-49)31-29-43-33-35-56(66-40-43)47-18-6-2-7-19-47;/h1-16,18,20-24,26-27,32-41H,28-31H2;/q-3;+3/i28D2,29D2,30D2,31D2;. The van der Waals surface area contributed by atoms with Crippen LogP contribution in [0.5, 0.6) is 0 Å². The van der Waals surface area contributed by atoms with E-state index in [1.165, 1.54) is 42.7 Å². The maximum atomic E-state index is 17.4. The Labute approximate surface area is 425 Å². The van der Waals surface area contributed by atoms with Crippen LogP contribution in [0.1, 0.15) is 33.2 Å². The van der Waals surface area contributed by atoms with Crippen LogP contribution in [-0.4, -0.2) is 19.4 Å². The van der Waals surface area contributed by atoms with Crippen LogP contribution in [0.3, 0.4) is 0 Å². The molecule has 0 spiro atoms. The number of rotatable bonds is 11. The first-order chi connectivity index (χ1) is 36.7. The van der Waals surface area contributed by atoms with Gasteiger partial charge in [0.2, 0.25) is 0 Å². The summed E-state index contributed by atoms with van der Waals surface area (Å²) < 4.78 is 96.4. The second-order valence-corrected chi connectivity index (χ2v) is 16.3. The minimum Gasteiger partial charge on any atom is -0.349 e.